The summed E-state index contributed by atoms with van der Waals surface area (Å²) in [7, 11) is 0. The van der Waals surface area contributed by atoms with E-state index >= 15 is 0 Å². The predicted molar refractivity (Wildman–Crippen MR) is 129 cm³/mol. The molecule has 0 atom stereocenters. The number of aromatic amines is 1. The summed E-state index contributed by atoms with van der Waals surface area (Å²) < 4.78 is 5.72. The van der Waals surface area contributed by atoms with Crippen LogP contribution in [0.2, 0.25) is 0 Å². The van der Waals surface area contributed by atoms with Crippen LogP contribution in [-0.4, -0.2) is 24.0 Å². The van der Waals surface area contributed by atoms with Gasteiger partial charge in [-0.3, -0.25) is 4.79 Å². The summed E-state index contributed by atoms with van der Waals surface area (Å²) in [4.78, 5) is 14.6. The summed E-state index contributed by atoms with van der Waals surface area (Å²) in [5.41, 5.74) is 11.9. The van der Waals surface area contributed by atoms with E-state index in [4.69, 9.17) is 10.5 Å². The third kappa shape index (κ3) is 5.18. The number of amides is 1. The molecule has 5 nitrogen and oxygen atoms in total. The highest BCUT2D eigenvalue weighted by Gasteiger charge is 2.08. The van der Waals surface area contributed by atoms with Gasteiger partial charge < -0.3 is 20.8 Å². The Labute approximate surface area is 188 Å². The van der Waals surface area contributed by atoms with E-state index in [9.17, 15) is 4.79 Å². The molecule has 0 unspecified atom stereocenters. The first-order chi connectivity index (χ1) is 15.6. The summed E-state index contributed by atoms with van der Waals surface area (Å²) in [6, 6.07) is 22.3. The Balaban J connectivity index is 1.39. The van der Waals surface area contributed by atoms with Crippen molar-refractivity contribution in [1.29, 1.82) is 0 Å². The highest BCUT2D eigenvalue weighted by atomic mass is 16.5. The Morgan fingerprint density at radius 1 is 1.00 bits per heavy atom. The van der Waals surface area contributed by atoms with Gasteiger partial charge in [0.25, 0.3) is 0 Å². The molecular weight excluding hydrogens is 398 g/mol. The van der Waals surface area contributed by atoms with Gasteiger partial charge in [-0.05, 0) is 78.9 Å². The number of hydrogen-bond donors (Lipinski definition) is 3. The van der Waals surface area contributed by atoms with Crippen molar-refractivity contribution in [2.24, 2.45) is 5.73 Å². The number of hydrogen-bond acceptors (Lipinski definition) is 3. The average Bonchev–Trinajstić information content (AvgIpc) is 3.20. The van der Waals surface area contributed by atoms with Crippen LogP contribution in [-0.2, 0) is 19.4 Å². The van der Waals surface area contributed by atoms with Crippen molar-refractivity contribution in [2.45, 2.75) is 26.3 Å². The smallest absolute Gasteiger partial charge is 0.248 e. The molecule has 0 aliphatic heterocycles. The van der Waals surface area contributed by atoms with E-state index in [1.54, 1.807) is 12.1 Å². The van der Waals surface area contributed by atoms with Gasteiger partial charge in [0.1, 0.15) is 5.75 Å². The molecule has 1 aromatic heterocycles. The summed E-state index contributed by atoms with van der Waals surface area (Å²) >= 11 is 0. The molecule has 0 saturated heterocycles. The zero-order chi connectivity index (χ0) is 22.3. The van der Waals surface area contributed by atoms with Crippen molar-refractivity contribution < 1.29 is 9.53 Å². The standard InChI is InChI=1S/C27H29N3O2/c1-2-32-26-6-4-3-5-21(26)13-14-29-17-20-9-12-25-24(16-20)23(18-30-25)15-19-7-10-22(11-8-19)27(28)31/h3-12,16,18,29-30H,2,13-15,17H2,1H3,(H2,28,31). The number of fused-ring (bicyclic) bond motifs is 1. The molecular formula is C27H29N3O2. The molecule has 4 aromatic rings. The predicted octanol–water partition coefficient (Wildman–Crippen LogP) is 4.59. The summed E-state index contributed by atoms with van der Waals surface area (Å²) in [5, 5.41) is 4.78. The minimum absolute atomic E-state index is 0.401. The van der Waals surface area contributed by atoms with Crippen LogP contribution in [0.15, 0.2) is 72.9 Å². The van der Waals surface area contributed by atoms with Gasteiger partial charge >= 0.3 is 0 Å². The number of benzene rings is 3. The van der Waals surface area contributed by atoms with Crippen molar-refractivity contribution in [3.63, 3.8) is 0 Å². The zero-order valence-corrected chi connectivity index (χ0v) is 18.4. The lowest BCUT2D eigenvalue weighted by Gasteiger charge is -2.11. The Morgan fingerprint density at radius 3 is 2.56 bits per heavy atom. The second kappa shape index (κ2) is 10.2. The Bertz CT molecular complexity index is 1200. The number of primary amides is 1. The fourth-order valence-corrected chi connectivity index (χ4v) is 3.95. The minimum atomic E-state index is -0.401. The van der Waals surface area contributed by atoms with E-state index in [2.05, 4.69) is 46.8 Å². The number of para-hydroxylation sites is 1. The van der Waals surface area contributed by atoms with E-state index in [0.29, 0.717) is 12.2 Å². The molecule has 0 aliphatic carbocycles. The van der Waals surface area contributed by atoms with Gasteiger partial charge in [-0.15, -0.1) is 0 Å². The third-order valence-electron chi connectivity index (χ3n) is 5.64. The van der Waals surface area contributed by atoms with Crippen molar-refractivity contribution in [3.05, 3.63) is 101 Å². The monoisotopic (exact) mass is 427 g/mol. The van der Waals surface area contributed by atoms with Crippen LogP contribution in [0.3, 0.4) is 0 Å². The molecule has 0 saturated carbocycles. The number of nitrogens with one attached hydrogen (secondary N) is 2. The van der Waals surface area contributed by atoms with Crippen molar-refractivity contribution in [2.75, 3.05) is 13.2 Å². The van der Waals surface area contributed by atoms with Crippen LogP contribution in [0.1, 0.15) is 39.5 Å². The molecule has 1 heterocycles. The van der Waals surface area contributed by atoms with Gasteiger partial charge in [-0.2, -0.15) is 0 Å². The molecule has 0 bridgehead atoms. The van der Waals surface area contributed by atoms with Crippen LogP contribution < -0.4 is 15.8 Å². The van der Waals surface area contributed by atoms with Gasteiger partial charge in [-0.1, -0.05) is 36.4 Å². The molecule has 0 aliphatic rings. The van der Waals surface area contributed by atoms with Gasteiger partial charge in [0.15, 0.2) is 0 Å². The number of H-pyrrole nitrogens is 1. The fraction of sp³-hybridized carbons (Fsp3) is 0.222. The van der Waals surface area contributed by atoms with E-state index in [1.807, 2.05) is 31.2 Å². The molecule has 4 N–H and O–H groups in total. The lowest BCUT2D eigenvalue weighted by Crippen LogP contribution is -2.17. The van der Waals surface area contributed by atoms with Crippen LogP contribution in [0, 0.1) is 0 Å². The highest BCUT2D eigenvalue weighted by molar-refractivity contribution is 5.92. The number of carbonyl (C=O) groups is 1. The lowest BCUT2D eigenvalue weighted by atomic mass is 10.0. The number of ether oxygens (including phenoxy) is 1. The molecule has 1 amide bonds. The Hall–Kier alpha value is -3.57. The number of nitrogens with two attached hydrogens (primary N) is 1. The Morgan fingerprint density at radius 2 is 1.78 bits per heavy atom. The topological polar surface area (TPSA) is 80.1 Å². The second-order valence-electron chi connectivity index (χ2n) is 7.90. The second-order valence-corrected chi connectivity index (χ2v) is 7.90. The lowest BCUT2D eigenvalue weighted by molar-refractivity contribution is 0.100. The first-order valence-corrected chi connectivity index (χ1v) is 11.0. The molecule has 3 aromatic carbocycles. The summed E-state index contributed by atoms with van der Waals surface area (Å²) in [6.45, 7) is 4.38. The quantitative estimate of drug-likeness (QED) is 0.324. The first kappa shape index (κ1) is 21.7. The zero-order valence-electron chi connectivity index (χ0n) is 18.4. The summed E-state index contributed by atoms with van der Waals surface area (Å²) in [5.74, 6) is 0.571. The average molecular weight is 428 g/mol. The van der Waals surface area contributed by atoms with E-state index in [-0.39, 0.29) is 0 Å². The van der Waals surface area contributed by atoms with Crippen molar-refractivity contribution in [3.8, 4) is 5.75 Å². The molecule has 5 heteroatoms. The number of carbonyl (C=O) groups excluding carboxylic acids is 1. The van der Waals surface area contributed by atoms with E-state index in [1.165, 1.54) is 22.1 Å². The van der Waals surface area contributed by atoms with E-state index in [0.717, 1.165) is 42.8 Å². The van der Waals surface area contributed by atoms with E-state index < -0.39 is 5.91 Å². The number of aromatic nitrogens is 1. The molecule has 4 rings (SSSR count). The van der Waals surface area contributed by atoms with Gasteiger partial charge in [-0.25, -0.2) is 0 Å². The van der Waals surface area contributed by atoms with Crippen LogP contribution in [0.4, 0.5) is 0 Å². The maximum Gasteiger partial charge on any atom is 0.248 e. The van der Waals surface area contributed by atoms with Crippen LogP contribution >= 0.6 is 0 Å². The molecule has 0 radical (unpaired) electrons. The van der Waals surface area contributed by atoms with Crippen LogP contribution in [0.5, 0.6) is 5.75 Å². The molecule has 0 spiro atoms. The summed E-state index contributed by atoms with van der Waals surface area (Å²) in [6.07, 6.45) is 3.79. The van der Waals surface area contributed by atoms with Crippen molar-refractivity contribution in [1.82, 2.24) is 10.3 Å². The minimum Gasteiger partial charge on any atom is -0.494 e. The Kier molecular flexibility index (Phi) is 6.87. The maximum atomic E-state index is 11.3. The maximum absolute atomic E-state index is 11.3. The van der Waals surface area contributed by atoms with Gasteiger partial charge in [0, 0.05) is 29.2 Å². The molecule has 32 heavy (non-hydrogen) atoms. The molecule has 0 fully saturated rings. The van der Waals surface area contributed by atoms with Gasteiger partial charge in [0.05, 0.1) is 6.61 Å². The normalized spacial score (nSPS) is 11.0. The third-order valence-corrected chi connectivity index (χ3v) is 5.64. The van der Waals surface area contributed by atoms with Gasteiger partial charge in [0.2, 0.25) is 5.91 Å². The highest BCUT2D eigenvalue weighted by Crippen LogP contribution is 2.23. The van der Waals surface area contributed by atoms with Crippen molar-refractivity contribution >= 4 is 16.8 Å². The SMILES string of the molecule is CCOc1ccccc1CCNCc1ccc2[nH]cc(Cc3ccc(C(N)=O)cc3)c2c1. The fourth-order valence-electron chi connectivity index (χ4n) is 3.95. The van der Waals surface area contributed by atoms with Crippen LogP contribution in [0.25, 0.3) is 10.9 Å². The number of rotatable bonds is 10. The first-order valence-electron chi connectivity index (χ1n) is 11.0. The largest absolute Gasteiger partial charge is 0.494 e. The molecule has 164 valence electrons.